The second kappa shape index (κ2) is 5.77. The number of methoxy groups -OCH3 is 1. The van der Waals surface area contributed by atoms with Crippen molar-refractivity contribution in [2.45, 2.75) is 20.4 Å². The lowest BCUT2D eigenvalue weighted by Gasteiger charge is -2.20. The van der Waals surface area contributed by atoms with E-state index in [2.05, 4.69) is 30.9 Å². The van der Waals surface area contributed by atoms with E-state index in [0.717, 1.165) is 22.6 Å². The van der Waals surface area contributed by atoms with Crippen molar-refractivity contribution in [2.24, 2.45) is 0 Å². The minimum atomic E-state index is -0.0310. The molecule has 0 saturated heterocycles. The van der Waals surface area contributed by atoms with Crippen LogP contribution in [0.5, 0.6) is 5.75 Å². The summed E-state index contributed by atoms with van der Waals surface area (Å²) in [6.45, 7) is 4.61. The number of carbonyl (C=O) groups is 1. The molecule has 2 aromatic heterocycles. The minimum Gasteiger partial charge on any atom is -0.495 e. The Labute approximate surface area is 142 Å². The minimum absolute atomic E-state index is 0.0310. The number of fused-ring (bicyclic) bond motifs is 1. The topological polar surface area (TPSA) is 94.2 Å². The van der Waals surface area contributed by atoms with Crippen LogP contribution < -0.4 is 15.4 Å². The van der Waals surface area contributed by atoms with E-state index in [-0.39, 0.29) is 18.3 Å². The number of hydrogen-bond donors (Lipinski definition) is 1. The molecular formula is C15H16BrN5O2. The first-order valence-electron chi connectivity index (χ1n) is 7.02. The lowest BCUT2D eigenvalue weighted by Crippen LogP contribution is -2.23. The van der Waals surface area contributed by atoms with Gasteiger partial charge >= 0.3 is 0 Å². The maximum absolute atomic E-state index is 12.2. The lowest BCUT2D eigenvalue weighted by molar-refractivity contribution is 0.101. The molecule has 0 amide bonds. The molecule has 3 heterocycles. The number of nitrogens with zero attached hydrogens (tertiary/aromatic N) is 4. The molecule has 0 fully saturated rings. The molecule has 3 rings (SSSR count). The zero-order chi connectivity index (χ0) is 16.7. The Morgan fingerprint density at radius 2 is 2.13 bits per heavy atom. The zero-order valence-corrected chi connectivity index (χ0v) is 14.6. The Kier molecular flexibility index (Phi) is 3.93. The summed E-state index contributed by atoms with van der Waals surface area (Å²) in [7, 11) is 1.63. The number of pyridine rings is 1. The van der Waals surface area contributed by atoms with Crippen LogP contribution in [0.15, 0.2) is 10.8 Å². The largest absolute Gasteiger partial charge is 0.495 e. The summed E-state index contributed by atoms with van der Waals surface area (Å²) in [6, 6.07) is 0. The third kappa shape index (κ3) is 2.63. The highest BCUT2D eigenvalue weighted by molar-refractivity contribution is 9.10. The molecule has 0 aliphatic carbocycles. The maximum atomic E-state index is 12.2. The predicted molar refractivity (Wildman–Crippen MR) is 89.8 cm³/mol. The molecule has 8 heteroatoms. The molecule has 7 nitrogen and oxygen atoms in total. The molecule has 0 bridgehead atoms. The van der Waals surface area contributed by atoms with Crippen LogP contribution in [0.4, 0.5) is 11.8 Å². The Morgan fingerprint density at radius 1 is 1.39 bits per heavy atom. The second-order valence-corrected chi connectivity index (χ2v) is 6.13. The van der Waals surface area contributed by atoms with Crippen molar-refractivity contribution >= 4 is 33.5 Å². The highest BCUT2D eigenvalue weighted by atomic mass is 79.9. The molecule has 0 aromatic carbocycles. The first-order chi connectivity index (χ1) is 10.9. The number of aryl methyl sites for hydroxylation is 1. The van der Waals surface area contributed by atoms with Crippen LogP contribution in [0.25, 0.3) is 0 Å². The van der Waals surface area contributed by atoms with Gasteiger partial charge in [0.15, 0.2) is 5.78 Å². The van der Waals surface area contributed by atoms with Crippen LogP contribution >= 0.6 is 15.9 Å². The van der Waals surface area contributed by atoms with Gasteiger partial charge in [0.05, 0.1) is 24.9 Å². The standard InChI is InChI=1S/C15H16BrN5O2/c1-7-9(4-18-8(2)12(7)23-3)5-21-6-10(22)11-13(16)19-15(17)20-14(11)21/h4H,5-6H2,1-3H3,(H2,17,19,20). The van der Waals surface area contributed by atoms with Gasteiger partial charge in [0.25, 0.3) is 0 Å². The number of ketones is 1. The van der Waals surface area contributed by atoms with E-state index in [1.165, 1.54) is 0 Å². The first-order valence-corrected chi connectivity index (χ1v) is 7.82. The van der Waals surface area contributed by atoms with Crippen LogP contribution in [0.3, 0.4) is 0 Å². The van der Waals surface area contributed by atoms with Crippen molar-refractivity contribution in [3.63, 3.8) is 0 Å². The molecule has 1 aliphatic rings. The number of hydrogen-bond acceptors (Lipinski definition) is 7. The first kappa shape index (κ1) is 15.7. The zero-order valence-electron chi connectivity index (χ0n) is 13.1. The number of aromatic nitrogens is 3. The van der Waals surface area contributed by atoms with E-state index in [0.29, 0.717) is 22.5 Å². The second-order valence-electron chi connectivity index (χ2n) is 5.38. The molecule has 0 spiro atoms. The van der Waals surface area contributed by atoms with Gasteiger partial charge in [0, 0.05) is 12.7 Å². The van der Waals surface area contributed by atoms with Gasteiger partial charge in [-0.2, -0.15) is 4.98 Å². The fraction of sp³-hybridized carbons (Fsp3) is 0.333. The number of nitrogens with two attached hydrogens (primary N) is 1. The third-order valence-corrected chi connectivity index (χ3v) is 4.48. The van der Waals surface area contributed by atoms with Crippen molar-refractivity contribution in [1.29, 1.82) is 0 Å². The summed E-state index contributed by atoms with van der Waals surface area (Å²) in [5.41, 5.74) is 8.99. The summed E-state index contributed by atoms with van der Waals surface area (Å²) in [5.74, 6) is 1.41. The van der Waals surface area contributed by atoms with Crippen molar-refractivity contribution in [1.82, 2.24) is 15.0 Å². The number of carbonyl (C=O) groups excluding carboxylic acids is 1. The van der Waals surface area contributed by atoms with Gasteiger partial charge in [-0.25, -0.2) is 4.98 Å². The number of ether oxygens (including phenoxy) is 1. The average molecular weight is 378 g/mol. The quantitative estimate of drug-likeness (QED) is 0.817. The Morgan fingerprint density at radius 3 is 2.83 bits per heavy atom. The monoisotopic (exact) mass is 377 g/mol. The predicted octanol–water partition coefficient (Wildman–Crippen LogP) is 2.04. The Hall–Kier alpha value is -2.22. The van der Waals surface area contributed by atoms with Crippen molar-refractivity contribution < 1.29 is 9.53 Å². The number of rotatable bonds is 3. The van der Waals surface area contributed by atoms with Crippen molar-refractivity contribution in [3.05, 3.63) is 33.2 Å². The molecule has 23 heavy (non-hydrogen) atoms. The third-order valence-electron chi connectivity index (χ3n) is 3.91. The van der Waals surface area contributed by atoms with E-state index >= 15 is 0 Å². The number of halogens is 1. The lowest BCUT2D eigenvalue weighted by atomic mass is 10.1. The highest BCUT2D eigenvalue weighted by Crippen LogP contribution is 2.33. The van der Waals surface area contributed by atoms with Crippen molar-refractivity contribution in [2.75, 3.05) is 24.3 Å². The maximum Gasteiger partial charge on any atom is 0.223 e. The molecule has 2 aromatic rings. The van der Waals surface area contributed by atoms with E-state index in [4.69, 9.17) is 10.5 Å². The van der Waals surface area contributed by atoms with Crippen LogP contribution in [-0.2, 0) is 6.54 Å². The normalized spacial score (nSPS) is 13.4. The smallest absolute Gasteiger partial charge is 0.223 e. The van der Waals surface area contributed by atoms with Gasteiger partial charge in [-0.3, -0.25) is 9.78 Å². The fourth-order valence-electron chi connectivity index (χ4n) is 2.78. The van der Waals surface area contributed by atoms with Gasteiger partial charge in [-0.1, -0.05) is 0 Å². The molecule has 120 valence electrons. The van der Waals surface area contributed by atoms with Crippen LogP contribution in [-0.4, -0.2) is 34.4 Å². The van der Waals surface area contributed by atoms with E-state index in [1.807, 2.05) is 18.7 Å². The number of nitrogen functional groups attached to an aromatic ring is 1. The number of anilines is 2. The van der Waals surface area contributed by atoms with Crippen LogP contribution in [0, 0.1) is 13.8 Å². The molecule has 1 aliphatic heterocycles. The van der Waals surface area contributed by atoms with Gasteiger partial charge in [-0.05, 0) is 40.9 Å². The van der Waals surface area contributed by atoms with E-state index < -0.39 is 0 Å². The van der Waals surface area contributed by atoms with Gasteiger partial charge < -0.3 is 15.4 Å². The molecular weight excluding hydrogens is 362 g/mol. The summed E-state index contributed by atoms with van der Waals surface area (Å²) in [6.07, 6.45) is 1.80. The van der Waals surface area contributed by atoms with E-state index in [1.54, 1.807) is 13.3 Å². The summed E-state index contributed by atoms with van der Waals surface area (Å²) in [5, 5.41) is 0. The Balaban J connectivity index is 2.00. The summed E-state index contributed by atoms with van der Waals surface area (Å²) < 4.78 is 5.84. The average Bonchev–Trinajstić information content (AvgIpc) is 2.79. The molecule has 0 unspecified atom stereocenters. The molecule has 0 atom stereocenters. The van der Waals surface area contributed by atoms with Gasteiger partial charge in [-0.15, -0.1) is 0 Å². The Bertz CT molecular complexity index is 809. The van der Waals surface area contributed by atoms with E-state index in [9.17, 15) is 4.79 Å². The van der Waals surface area contributed by atoms with Crippen LogP contribution in [0.1, 0.15) is 27.2 Å². The SMILES string of the molecule is COc1c(C)ncc(CN2CC(=O)c3c(Br)nc(N)nc32)c1C. The molecule has 0 radical (unpaired) electrons. The summed E-state index contributed by atoms with van der Waals surface area (Å²) >= 11 is 3.29. The molecule has 0 saturated carbocycles. The summed E-state index contributed by atoms with van der Waals surface area (Å²) in [4.78, 5) is 26.7. The van der Waals surface area contributed by atoms with Gasteiger partial charge in [0.1, 0.15) is 16.2 Å². The van der Waals surface area contributed by atoms with Crippen molar-refractivity contribution in [3.8, 4) is 5.75 Å². The van der Waals surface area contributed by atoms with Gasteiger partial charge in [0.2, 0.25) is 5.95 Å². The number of Topliss-reactive ketones (excluding diaryl/α,β-unsaturated/α-hetero) is 1. The van der Waals surface area contributed by atoms with Crippen LogP contribution in [0.2, 0.25) is 0 Å². The molecule has 2 N–H and O–H groups in total. The fourth-order valence-corrected chi connectivity index (χ4v) is 3.36. The highest BCUT2D eigenvalue weighted by Gasteiger charge is 2.32.